The summed E-state index contributed by atoms with van der Waals surface area (Å²) in [5.41, 5.74) is 1.98. The quantitative estimate of drug-likeness (QED) is 0.732. The number of anilines is 1. The number of benzene rings is 2. The van der Waals surface area contributed by atoms with Gasteiger partial charge in [-0.3, -0.25) is 4.90 Å². The number of hydrogen-bond acceptors (Lipinski definition) is 3. The third-order valence-electron chi connectivity index (χ3n) is 5.40. The molecule has 2 heterocycles. The van der Waals surface area contributed by atoms with Gasteiger partial charge in [0.2, 0.25) is 5.97 Å². The summed E-state index contributed by atoms with van der Waals surface area (Å²) in [5, 5.41) is 2.17. The second-order valence-corrected chi connectivity index (χ2v) is 7.13. The van der Waals surface area contributed by atoms with Gasteiger partial charge in [0.25, 0.3) is 6.42 Å². The molecule has 26 heavy (non-hydrogen) atoms. The standard InChI is InChI=1S/C21H23F2N3/c1-15-3-2-10-25(15)11-8-16-4-5-18-14-19(7-6-17(18)13-16)26-12-9-20(22)24-21(26)23/h4-7,9,12-15,21H,2-3,8,10-11H2,1H3/t15-,21?/m1/s1. The lowest BCUT2D eigenvalue weighted by molar-refractivity contribution is 0.272. The van der Waals surface area contributed by atoms with E-state index in [9.17, 15) is 8.78 Å². The average Bonchev–Trinajstić information content (AvgIpc) is 3.04. The Morgan fingerprint density at radius 3 is 2.73 bits per heavy atom. The van der Waals surface area contributed by atoms with Gasteiger partial charge in [0, 0.05) is 30.5 Å². The lowest BCUT2D eigenvalue weighted by Crippen LogP contribution is -2.28. The molecule has 2 aliphatic rings. The Morgan fingerprint density at radius 1 is 1.15 bits per heavy atom. The van der Waals surface area contributed by atoms with E-state index in [0.717, 1.165) is 23.7 Å². The van der Waals surface area contributed by atoms with Crippen molar-refractivity contribution in [2.24, 2.45) is 4.99 Å². The van der Waals surface area contributed by atoms with Crippen molar-refractivity contribution in [3.63, 3.8) is 0 Å². The molecule has 0 bridgehead atoms. The first kappa shape index (κ1) is 17.2. The summed E-state index contributed by atoms with van der Waals surface area (Å²) in [5.74, 6) is -0.786. The van der Waals surface area contributed by atoms with E-state index in [1.54, 1.807) is 0 Å². The fraction of sp³-hybridized carbons (Fsp3) is 0.381. The summed E-state index contributed by atoms with van der Waals surface area (Å²) in [6, 6.07) is 12.9. The third-order valence-corrected chi connectivity index (χ3v) is 5.40. The van der Waals surface area contributed by atoms with E-state index in [1.165, 1.54) is 42.1 Å². The molecule has 0 radical (unpaired) electrons. The first-order valence-electron chi connectivity index (χ1n) is 9.21. The Labute approximate surface area is 152 Å². The summed E-state index contributed by atoms with van der Waals surface area (Å²) in [4.78, 5) is 7.20. The van der Waals surface area contributed by atoms with Crippen molar-refractivity contribution in [3.05, 3.63) is 54.2 Å². The van der Waals surface area contributed by atoms with Crippen LogP contribution in [0.3, 0.4) is 0 Å². The minimum Gasteiger partial charge on any atom is -0.300 e. The molecule has 3 nitrogen and oxygen atoms in total. The number of likely N-dealkylation sites (tertiary alicyclic amines) is 1. The van der Waals surface area contributed by atoms with Gasteiger partial charge in [-0.1, -0.05) is 24.3 Å². The Balaban J connectivity index is 1.50. The second kappa shape index (κ2) is 7.16. The number of hydrogen-bond donors (Lipinski definition) is 0. The van der Waals surface area contributed by atoms with Gasteiger partial charge in [-0.15, -0.1) is 0 Å². The van der Waals surface area contributed by atoms with Crippen LogP contribution < -0.4 is 4.90 Å². The Bertz CT molecular complexity index is 861. The molecule has 0 amide bonds. The average molecular weight is 355 g/mol. The molecule has 0 spiro atoms. The van der Waals surface area contributed by atoms with Gasteiger partial charge >= 0.3 is 0 Å². The Morgan fingerprint density at radius 2 is 1.96 bits per heavy atom. The summed E-state index contributed by atoms with van der Waals surface area (Å²) < 4.78 is 27.0. The summed E-state index contributed by atoms with van der Waals surface area (Å²) in [6.45, 7) is 4.60. The lowest BCUT2D eigenvalue weighted by atomic mass is 10.0. The van der Waals surface area contributed by atoms with Crippen molar-refractivity contribution < 1.29 is 8.78 Å². The number of allylic oxidation sites excluding steroid dienone is 1. The highest BCUT2D eigenvalue weighted by molar-refractivity contribution is 5.90. The second-order valence-electron chi connectivity index (χ2n) is 7.13. The minimum absolute atomic E-state index is 0.663. The fourth-order valence-electron chi connectivity index (χ4n) is 3.83. The maximum Gasteiger partial charge on any atom is 0.273 e. The molecule has 0 N–H and O–H groups in total. The van der Waals surface area contributed by atoms with Crippen molar-refractivity contribution in [1.29, 1.82) is 0 Å². The van der Waals surface area contributed by atoms with Crippen LogP contribution >= 0.6 is 0 Å². The molecule has 0 aromatic heterocycles. The van der Waals surface area contributed by atoms with Gasteiger partial charge in [0.1, 0.15) is 0 Å². The zero-order valence-corrected chi connectivity index (χ0v) is 14.9. The van der Waals surface area contributed by atoms with Crippen molar-refractivity contribution in [1.82, 2.24) is 4.90 Å². The number of alkyl halides is 1. The molecular weight excluding hydrogens is 332 g/mol. The van der Waals surface area contributed by atoms with E-state index in [-0.39, 0.29) is 0 Å². The molecule has 2 aromatic carbocycles. The van der Waals surface area contributed by atoms with E-state index in [0.29, 0.717) is 11.7 Å². The largest absolute Gasteiger partial charge is 0.300 e. The van der Waals surface area contributed by atoms with Crippen molar-refractivity contribution in [2.75, 3.05) is 18.0 Å². The summed E-state index contributed by atoms with van der Waals surface area (Å²) in [6.07, 6.45) is 4.48. The molecule has 136 valence electrons. The first-order valence-corrected chi connectivity index (χ1v) is 9.21. The fourth-order valence-corrected chi connectivity index (χ4v) is 3.83. The van der Waals surface area contributed by atoms with Crippen LogP contribution in [0.2, 0.25) is 0 Å². The highest BCUT2D eigenvalue weighted by atomic mass is 19.1. The number of aliphatic imine (C=N–C) groups is 1. The smallest absolute Gasteiger partial charge is 0.273 e. The molecule has 4 rings (SSSR count). The number of rotatable bonds is 4. The predicted molar refractivity (Wildman–Crippen MR) is 103 cm³/mol. The minimum atomic E-state index is -1.72. The molecule has 5 heteroatoms. The number of nitrogens with zero attached hydrogens (tertiary/aromatic N) is 3. The van der Waals surface area contributed by atoms with E-state index in [4.69, 9.17) is 0 Å². The van der Waals surface area contributed by atoms with Crippen molar-refractivity contribution in [2.45, 2.75) is 38.6 Å². The summed E-state index contributed by atoms with van der Waals surface area (Å²) in [7, 11) is 0. The van der Waals surface area contributed by atoms with Crippen LogP contribution in [0.4, 0.5) is 14.5 Å². The number of fused-ring (bicyclic) bond motifs is 1. The zero-order chi connectivity index (χ0) is 18.1. The molecule has 1 saturated heterocycles. The first-order chi connectivity index (χ1) is 12.6. The normalized spacial score (nSPS) is 23.7. The van der Waals surface area contributed by atoms with Gasteiger partial charge in [0.05, 0.1) is 0 Å². The SMILES string of the molecule is C[C@@H]1CCCN1CCc1ccc2cc(N3C=CC(F)=NC3F)ccc2c1. The maximum atomic E-state index is 14.0. The van der Waals surface area contributed by atoms with Crippen LogP contribution in [0.5, 0.6) is 0 Å². The van der Waals surface area contributed by atoms with Crippen LogP contribution in [0, 0.1) is 0 Å². The predicted octanol–water partition coefficient (Wildman–Crippen LogP) is 4.82. The van der Waals surface area contributed by atoms with Crippen molar-refractivity contribution in [3.8, 4) is 0 Å². The van der Waals surface area contributed by atoms with Crippen LogP contribution in [-0.2, 0) is 6.42 Å². The molecule has 2 aliphatic heterocycles. The highest BCUT2D eigenvalue weighted by Gasteiger charge is 2.20. The lowest BCUT2D eigenvalue weighted by Gasteiger charge is -2.24. The van der Waals surface area contributed by atoms with Crippen LogP contribution in [0.25, 0.3) is 10.8 Å². The van der Waals surface area contributed by atoms with Crippen molar-refractivity contribution >= 4 is 22.4 Å². The van der Waals surface area contributed by atoms with E-state index in [1.807, 2.05) is 18.2 Å². The third kappa shape index (κ3) is 3.49. The molecule has 1 fully saturated rings. The molecular formula is C21H23F2N3. The molecule has 0 aliphatic carbocycles. The molecule has 1 unspecified atom stereocenters. The Kier molecular flexibility index (Phi) is 4.72. The molecule has 2 aromatic rings. The van der Waals surface area contributed by atoms with Gasteiger partial charge in [-0.25, -0.2) is 4.99 Å². The van der Waals surface area contributed by atoms with Crippen LogP contribution in [-0.4, -0.2) is 36.4 Å². The number of halogens is 2. The summed E-state index contributed by atoms with van der Waals surface area (Å²) >= 11 is 0. The monoisotopic (exact) mass is 355 g/mol. The highest BCUT2D eigenvalue weighted by Crippen LogP contribution is 2.27. The van der Waals surface area contributed by atoms with Gasteiger partial charge in [-0.05, 0) is 61.2 Å². The van der Waals surface area contributed by atoms with Crippen LogP contribution in [0.1, 0.15) is 25.3 Å². The van der Waals surface area contributed by atoms with E-state index >= 15 is 0 Å². The Hall–Kier alpha value is -2.27. The zero-order valence-electron chi connectivity index (χ0n) is 14.9. The van der Waals surface area contributed by atoms with E-state index < -0.39 is 12.4 Å². The van der Waals surface area contributed by atoms with Gasteiger partial charge in [0.15, 0.2) is 0 Å². The molecule has 2 atom stereocenters. The van der Waals surface area contributed by atoms with Gasteiger partial charge in [-0.2, -0.15) is 8.78 Å². The van der Waals surface area contributed by atoms with Crippen LogP contribution in [0.15, 0.2) is 53.7 Å². The van der Waals surface area contributed by atoms with Gasteiger partial charge < -0.3 is 4.90 Å². The maximum absolute atomic E-state index is 14.0. The molecule has 0 saturated carbocycles. The van der Waals surface area contributed by atoms with E-state index in [2.05, 4.69) is 35.0 Å². The topological polar surface area (TPSA) is 18.8 Å².